The highest BCUT2D eigenvalue weighted by Gasteiger charge is 2.32. The molecule has 0 spiro atoms. The van der Waals surface area contributed by atoms with Gasteiger partial charge >= 0.3 is 0 Å². The van der Waals surface area contributed by atoms with E-state index in [1.165, 1.54) is 28.6 Å². The van der Waals surface area contributed by atoms with Crippen molar-refractivity contribution in [2.45, 2.75) is 25.3 Å². The number of aromatic nitrogens is 2. The number of hydrogen-bond donors (Lipinski definition) is 0. The van der Waals surface area contributed by atoms with Crippen LogP contribution in [0.4, 0.5) is 0 Å². The molecule has 0 N–H and O–H groups in total. The Morgan fingerprint density at radius 1 is 1.00 bits per heavy atom. The summed E-state index contributed by atoms with van der Waals surface area (Å²) in [6.45, 7) is 5.33. The Balaban J connectivity index is 1.46. The fraction of sp³-hybridized carbons (Fsp3) is 0.292. The largest absolute Gasteiger partial charge is 0.336 e. The smallest absolute Gasteiger partial charge is 0.257 e. The van der Waals surface area contributed by atoms with E-state index < -0.39 is 10.0 Å². The van der Waals surface area contributed by atoms with E-state index in [0.29, 0.717) is 36.5 Å². The van der Waals surface area contributed by atoms with Crippen LogP contribution in [0.25, 0.3) is 0 Å². The summed E-state index contributed by atoms with van der Waals surface area (Å²) in [5, 5.41) is 13.5. The zero-order chi connectivity index (χ0) is 23.6. The Kier molecular flexibility index (Phi) is 6.31. The summed E-state index contributed by atoms with van der Waals surface area (Å²) in [5.41, 5.74) is 3.55. The summed E-state index contributed by atoms with van der Waals surface area (Å²) in [5.74, 6) is -0.125. The first-order chi connectivity index (χ1) is 15.8. The van der Waals surface area contributed by atoms with E-state index in [4.69, 9.17) is 5.26 Å². The molecule has 0 atom stereocenters. The number of sulfonamides is 1. The predicted octanol–water partition coefficient (Wildman–Crippen LogP) is 2.57. The van der Waals surface area contributed by atoms with Crippen LogP contribution in [0, 0.1) is 25.2 Å². The Bertz CT molecular complexity index is 1300. The fourth-order valence-corrected chi connectivity index (χ4v) is 5.48. The number of piperazine rings is 1. The summed E-state index contributed by atoms with van der Waals surface area (Å²) < 4.78 is 29.1. The summed E-state index contributed by atoms with van der Waals surface area (Å²) in [6, 6.07) is 17.8. The second-order valence-electron chi connectivity index (χ2n) is 8.02. The maximum atomic E-state index is 13.3. The maximum Gasteiger partial charge on any atom is 0.257 e. The van der Waals surface area contributed by atoms with Gasteiger partial charge in [0.2, 0.25) is 10.0 Å². The van der Waals surface area contributed by atoms with Crippen molar-refractivity contribution < 1.29 is 13.2 Å². The van der Waals surface area contributed by atoms with Crippen molar-refractivity contribution in [3.63, 3.8) is 0 Å². The molecule has 3 aromatic rings. The molecule has 0 unspecified atom stereocenters. The highest BCUT2D eigenvalue weighted by atomic mass is 32.2. The molecule has 1 fully saturated rings. The van der Waals surface area contributed by atoms with Crippen molar-refractivity contribution in [1.82, 2.24) is 19.0 Å². The van der Waals surface area contributed by atoms with E-state index in [1.54, 1.807) is 4.90 Å². The van der Waals surface area contributed by atoms with E-state index >= 15 is 0 Å². The monoisotopic (exact) mass is 463 g/mol. The zero-order valence-corrected chi connectivity index (χ0v) is 19.4. The average Bonchev–Trinajstić information content (AvgIpc) is 3.11. The standard InChI is InChI=1S/C24H25N5O3S/c1-18-23(19(2)29(26-18)17-21-6-4-3-5-7-21)24(30)27-12-14-28(15-13-27)33(31,32)22-10-8-20(16-25)9-11-22/h3-11H,12-15,17H2,1-2H3. The number of nitriles is 1. The van der Waals surface area contributed by atoms with Crippen molar-refractivity contribution >= 4 is 15.9 Å². The molecule has 1 aromatic heterocycles. The molecule has 0 bridgehead atoms. The van der Waals surface area contributed by atoms with Crippen LogP contribution in [-0.4, -0.2) is 59.5 Å². The van der Waals surface area contributed by atoms with Gasteiger partial charge in [0.25, 0.3) is 5.91 Å². The molecule has 2 aromatic carbocycles. The van der Waals surface area contributed by atoms with E-state index in [0.717, 1.165) is 11.3 Å². The molecule has 2 heterocycles. The van der Waals surface area contributed by atoms with Gasteiger partial charge in [0.1, 0.15) is 0 Å². The number of benzene rings is 2. The number of rotatable bonds is 5. The minimum Gasteiger partial charge on any atom is -0.336 e. The lowest BCUT2D eigenvalue weighted by Gasteiger charge is -2.34. The number of carbonyl (C=O) groups excluding carboxylic acids is 1. The Morgan fingerprint density at radius 2 is 1.64 bits per heavy atom. The molecular weight excluding hydrogens is 438 g/mol. The molecule has 1 aliphatic rings. The number of carbonyl (C=O) groups is 1. The van der Waals surface area contributed by atoms with Gasteiger partial charge in [-0.1, -0.05) is 30.3 Å². The molecule has 0 radical (unpaired) electrons. The van der Waals surface area contributed by atoms with Gasteiger partial charge in [0.15, 0.2) is 0 Å². The van der Waals surface area contributed by atoms with E-state index in [-0.39, 0.29) is 23.9 Å². The van der Waals surface area contributed by atoms with Crippen molar-refractivity contribution in [3.8, 4) is 6.07 Å². The number of aryl methyl sites for hydroxylation is 1. The third-order valence-corrected chi connectivity index (χ3v) is 7.83. The van der Waals surface area contributed by atoms with Gasteiger partial charge in [-0.05, 0) is 43.7 Å². The summed E-state index contributed by atoms with van der Waals surface area (Å²) in [7, 11) is -3.68. The van der Waals surface area contributed by atoms with Crippen molar-refractivity contribution in [3.05, 3.63) is 82.7 Å². The van der Waals surface area contributed by atoms with Crippen LogP contribution in [0.3, 0.4) is 0 Å². The molecule has 170 valence electrons. The summed E-state index contributed by atoms with van der Waals surface area (Å²) in [6.07, 6.45) is 0. The van der Waals surface area contributed by atoms with E-state index in [1.807, 2.05) is 54.9 Å². The third-order valence-electron chi connectivity index (χ3n) is 5.92. The predicted molar refractivity (Wildman–Crippen MR) is 123 cm³/mol. The van der Waals surface area contributed by atoms with Crippen LogP contribution in [0.2, 0.25) is 0 Å². The Labute approximate surface area is 193 Å². The van der Waals surface area contributed by atoms with Gasteiger partial charge < -0.3 is 4.90 Å². The van der Waals surface area contributed by atoms with Crippen LogP contribution < -0.4 is 0 Å². The molecule has 1 amide bonds. The normalized spacial score (nSPS) is 14.8. The summed E-state index contributed by atoms with van der Waals surface area (Å²) in [4.78, 5) is 15.1. The van der Waals surface area contributed by atoms with Crippen LogP contribution in [0.15, 0.2) is 59.5 Å². The van der Waals surface area contributed by atoms with Crippen LogP contribution in [0.1, 0.15) is 32.9 Å². The van der Waals surface area contributed by atoms with E-state index in [9.17, 15) is 13.2 Å². The molecule has 1 aliphatic heterocycles. The van der Waals surface area contributed by atoms with Gasteiger partial charge in [-0.15, -0.1) is 0 Å². The minimum atomic E-state index is -3.68. The lowest BCUT2D eigenvalue weighted by Crippen LogP contribution is -2.50. The van der Waals surface area contributed by atoms with Gasteiger partial charge in [-0.3, -0.25) is 9.48 Å². The molecule has 33 heavy (non-hydrogen) atoms. The van der Waals surface area contributed by atoms with Gasteiger partial charge in [0.05, 0.1) is 34.3 Å². The lowest BCUT2D eigenvalue weighted by molar-refractivity contribution is 0.0696. The quantitative estimate of drug-likeness (QED) is 0.579. The molecule has 0 saturated carbocycles. The third kappa shape index (κ3) is 4.53. The van der Waals surface area contributed by atoms with Crippen molar-refractivity contribution in [2.75, 3.05) is 26.2 Å². The molecule has 8 nitrogen and oxygen atoms in total. The fourth-order valence-electron chi connectivity index (χ4n) is 4.06. The maximum absolute atomic E-state index is 13.3. The lowest BCUT2D eigenvalue weighted by atomic mass is 10.1. The SMILES string of the molecule is Cc1nn(Cc2ccccc2)c(C)c1C(=O)N1CCN(S(=O)(=O)c2ccc(C#N)cc2)CC1. The van der Waals surface area contributed by atoms with E-state index in [2.05, 4.69) is 5.10 Å². The first-order valence-corrected chi connectivity index (χ1v) is 12.1. The molecule has 9 heteroatoms. The van der Waals surface area contributed by atoms with Crippen LogP contribution >= 0.6 is 0 Å². The number of nitrogens with zero attached hydrogens (tertiary/aromatic N) is 5. The second kappa shape index (κ2) is 9.17. The second-order valence-corrected chi connectivity index (χ2v) is 9.96. The molecular formula is C24H25N5O3S. The van der Waals surface area contributed by atoms with Crippen molar-refractivity contribution in [2.24, 2.45) is 0 Å². The molecule has 4 rings (SSSR count). The highest BCUT2D eigenvalue weighted by molar-refractivity contribution is 7.89. The van der Waals surface area contributed by atoms with Crippen molar-refractivity contribution in [1.29, 1.82) is 5.26 Å². The molecule has 1 saturated heterocycles. The van der Waals surface area contributed by atoms with Gasteiger partial charge in [-0.2, -0.15) is 14.7 Å². The number of hydrogen-bond acceptors (Lipinski definition) is 5. The minimum absolute atomic E-state index is 0.125. The van der Waals surface area contributed by atoms with Gasteiger partial charge in [0, 0.05) is 31.9 Å². The average molecular weight is 464 g/mol. The number of amides is 1. The molecule has 0 aliphatic carbocycles. The van der Waals surface area contributed by atoms with Crippen LogP contribution in [0.5, 0.6) is 0 Å². The van der Waals surface area contributed by atoms with Gasteiger partial charge in [-0.25, -0.2) is 8.42 Å². The summed E-state index contributed by atoms with van der Waals surface area (Å²) >= 11 is 0. The highest BCUT2D eigenvalue weighted by Crippen LogP contribution is 2.21. The van der Waals surface area contributed by atoms with Crippen LogP contribution in [-0.2, 0) is 16.6 Å². The zero-order valence-electron chi connectivity index (χ0n) is 18.6. The Morgan fingerprint density at radius 3 is 2.24 bits per heavy atom. The first-order valence-electron chi connectivity index (χ1n) is 10.7. The topological polar surface area (TPSA) is 99.3 Å². The Hall–Kier alpha value is -3.48. The first kappa shape index (κ1) is 22.7.